The highest BCUT2D eigenvalue weighted by Gasteiger charge is 2.20. The molecule has 0 unspecified atom stereocenters. The van der Waals surface area contributed by atoms with Crippen LogP contribution in [-0.4, -0.2) is 23.8 Å². The molecular formula is C21H16N2O3. The SMILES string of the molecule is COC(=O)c1ccccc1/C=C(\C#N)C(=O)c1c(C)[nH]c2ccccc12. The van der Waals surface area contributed by atoms with Crippen molar-refractivity contribution in [3.63, 3.8) is 0 Å². The first-order valence-corrected chi connectivity index (χ1v) is 7.98. The fourth-order valence-electron chi connectivity index (χ4n) is 2.93. The van der Waals surface area contributed by atoms with E-state index in [0.29, 0.717) is 22.4 Å². The van der Waals surface area contributed by atoms with Crippen LogP contribution < -0.4 is 0 Å². The molecule has 0 fully saturated rings. The lowest BCUT2D eigenvalue weighted by molar-refractivity contribution is 0.0600. The molecule has 0 amide bonds. The number of fused-ring (bicyclic) bond motifs is 1. The maximum Gasteiger partial charge on any atom is 0.338 e. The molecule has 0 saturated heterocycles. The normalized spacial score (nSPS) is 11.2. The molecule has 128 valence electrons. The number of allylic oxidation sites excluding steroid dienone is 1. The molecule has 0 bridgehead atoms. The van der Waals surface area contributed by atoms with Crippen molar-refractivity contribution in [2.24, 2.45) is 0 Å². The Labute approximate surface area is 150 Å². The number of esters is 1. The van der Waals surface area contributed by atoms with Gasteiger partial charge in [-0.25, -0.2) is 4.79 Å². The van der Waals surface area contributed by atoms with Crippen molar-refractivity contribution in [2.75, 3.05) is 7.11 Å². The molecule has 0 radical (unpaired) electrons. The maximum absolute atomic E-state index is 13.0. The van der Waals surface area contributed by atoms with E-state index < -0.39 is 5.97 Å². The predicted molar refractivity (Wildman–Crippen MR) is 98.7 cm³/mol. The fraction of sp³-hybridized carbons (Fsp3) is 0.0952. The number of ether oxygens (including phenoxy) is 1. The molecule has 1 heterocycles. The average Bonchev–Trinajstić information content (AvgIpc) is 3.00. The zero-order chi connectivity index (χ0) is 18.7. The summed E-state index contributed by atoms with van der Waals surface area (Å²) in [4.78, 5) is 28.1. The van der Waals surface area contributed by atoms with Gasteiger partial charge in [0.2, 0.25) is 5.78 Å². The number of carbonyl (C=O) groups excluding carboxylic acids is 2. The lowest BCUT2D eigenvalue weighted by atomic mass is 9.98. The van der Waals surface area contributed by atoms with E-state index in [4.69, 9.17) is 4.74 Å². The smallest absolute Gasteiger partial charge is 0.338 e. The Bertz CT molecular complexity index is 1080. The summed E-state index contributed by atoms with van der Waals surface area (Å²) in [7, 11) is 1.29. The minimum absolute atomic E-state index is 0.0470. The number of aryl methyl sites for hydroxylation is 1. The fourth-order valence-corrected chi connectivity index (χ4v) is 2.93. The van der Waals surface area contributed by atoms with Crippen LogP contribution in [0.15, 0.2) is 54.1 Å². The Kier molecular flexibility index (Phi) is 4.68. The highest BCUT2D eigenvalue weighted by molar-refractivity contribution is 6.21. The van der Waals surface area contributed by atoms with Crippen molar-refractivity contribution in [3.8, 4) is 6.07 Å². The van der Waals surface area contributed by atoms with Crippen molar-refractivity contribution in [3.05, 3.63) is 76.5 Å². The third-order valence-corrected chi connectivity index (χ3v) is 4.15. The van der Waals surface area contributed by atoms with Crippen molar-refractivity contribution >= 4 is 28.7 Å². The molecule has 0 saturated carbocycles. The van der Waals surface area contributed by atoms with Gasteiger partial charge in [-0.1, -0.05) is 36.4 Å². The number of hydrogen-bond donors (Lipinski definition) is 1. The highest BCUT2D eigenvalue weighted by atomic mass is 16.5. The lowest BCUT2D eigenvalue weighted by Gasteiger charge is -2.05. The molecule has 1 aromatic heterocycles. The topological polar surface area (TPSA) is 82.9 Å². The van der Waals surface area contributed by atoms with E-state index in [1.807, 2.05) is 30.3 Å². The molecule has 0 aliphatic carbocycles. The van der Waals surface area contributed by atoms with Crippen LogP contribution in [0.2, 0.25) is 0 Å². The van der Waals surface area contributed by atoms with Crippen molar-refractivity contribution < 1.29 is 14.3 Å². The van der Waals surface area contributed by atoms with Gasteiger partial charge in [-0.05, 0) is 30.7 Å². The number of rotatable bonds is 4. The van der Waals surface area contributed by atoms with Crippen LogP contribution in [0.1, 0.15) is 32.0 Å². The molecule has 26 heavy (non-hydrogen) atoms. The molecule has 0 aliphatic rings. The van der Waals surface area contributed by atoms with Crippen molar-refractivity contribution in [1.29, 1.82) is 5.26 Å². The van der Waals surface area contributed by atoms with E-state index in [0.717, 1.165) is 10.9 Å². The van der Waals surface area contributed by atoms with Crippen LogP contribution in [0.3, 0.4) is 0 Å². The molecular weight excluding hydrogens is 328 g/mol. The largest absolute Gasteiger partial charge is 0.465 e. The van der Waals surface area contributed by atoms with Crippen LogP contribution >= 0.6 is 0 Å². The second kappa shape index (κ2) is 7.08. The van der Waals surface area contributed by atoms with Gasteiger partial charge in [0, 0.05) is 16.6 Å². The number of nitrogens with one attached hydrogen (secondary N) is 1. The number of carbonyl (C=O) groups is 2. The van der Waals surface area contributed by atoms with Gasteiger partial charge in [0.1, 0.15) is 11.6 Å². The average molecular weight is 344 g/mol. The van der Waals surface area contributed by atoms with E-state index in [1.54, 1.807) is 31.2 Å². The first-order chi connectivity index (χ1) is 12.6. The second-order valence-electron chi connectivity index (χ2n) is 5.75. The van der Waals surface area contributed by atoms with Gasteiger partial charge in [0.15, 0.2) is 0 Å². The quantitative estimate of drug-likeness (QED) is 0.335. The minimum atomic E-state index is -0.523. The van der Waals surface area contributed by atoms with Gasteiger partial charge in [-0.2, -0.15) is 5.26 Å². The van der Waals surface area contributed by atoms with Crippen molar-refractivity contribution in [2.45, 2.75) is 6.92 Å². The van der Waals surface area contributed by atoms with Gasteiger partial charge in [0.25, 0.3) is 0 Å². The Morgan fingerprint density at radius 2 is 1.81 bits per heavy atom. The Hall–Kier alpha value is -3.65. The molecule has 0 atom stereocenters. The summed E-state index contributed by atoms with van der Waals surface area (Å²) < 4.78 is 4.76. The molecule has 0 spiro atoms. The van der Waals surface area contributed by atoms with E-state index in [2.05, 4.69) is 4.98 Å². The lowest BCUT2D eigenvalue weighted by Crippen LogP contribution is -2.06. The number of hydrogen-bond acceptors (Lipinski definition) is 4. The van der Waals surface area contributed by atoms with Crippen LogP contribution in [0, 0.1) is 18.3 Å². The molecule has 5 nitrogen and oxygen atoms in total. The summed E-state index contributed by atoms with van der Waals surface area (Å²) in [5, 5.41) is 10.3. The second-order valence-corrected chi connectivity index (χ2v) is 5.75. The predicted octanol–water partition coefficient (Wildman–Crippen LogP) is 4.05. The number of para-hydroxylation sites is 1. The zero-order valence-electron chi connectivity index (χ0n) is 14.4. The Morgan fingerprint density at radius 1 is 1.12 bits per heavy atom. The molecule has 0 aliphatic heterocycles. The van der Waals surface area contributed by atoms with Crippen LogP contribution in [0.5, 0.6) is 0 Å². The van der Waals surface area contributed by atoms with E-state index in [-0.39, 0.29) is 11.4 Å². The van der Waals surface area contributed by atoms with Crippen molar-refractivity contribution in [1.82, 2.24) is 4.98 Å². The molecule has 2 aromatic carbocycles. The van der Waals surface area contributed by atoms with E-state index >= 15 is 0 Å². The number of nitrogens with zero attached hydrogens (tertiary/aromatic N) is 1. The number of methoxy groups -OCH3 is 1. The van der Waals surface area contributed by atoms with Gasteiger partial charge >= 0.3 is 5.97 Å². The Morgan fingerprint density at radius 3 is 2.54 bits per heavy atom. The maximum atomic E-state index is 13.0. The number of H-pyrrole nitrogens is 1. The zero-order valence-corrected chi connectivity index (χ0v) is 14.4. The standard InChI is InChI=1S/C21H16N2O3/c1-13-19(17-9-5-6-10-18(17)23-13)20(24)15(12-22)11-14-7-3-4-8-16(14)21(25)26-2/h3-11,23H,1-2H3/b15-11+. The summed E-state index contributed by atoms with van der Waals surface area (Å²) in [5.74, 6) is -0.910. The summed E-state index contributed by atoms with van der Waals surface area (Å²) in [6.07, 6.45) is 1.43. The summed E-state index contributed by atoms with van der Waals surface area (Å²) in [6.45, 7) is 1.80. The Balaban J connectivity index is 2.11. The molecule has 3 rings (SSSR count). The first-order valence-electron chi connectivity index (χ1n) is 7.98. The number of ketones is 1. The third kappa shape index (κ3) is 3.01. The van der Waals surface area contributed by atoms with Gasteiger partial charge < -0.3 is 9.72 Å². The van der Waals surface area contributed by atoms with E-state index in [9.17, 15) is 14.9 Å². The summed E-state index contributed by atoms with van der Waals surface area (Å²) in [6, 6.07) is 16.1. The number of aromatic amines is 1. The molecule has 3 aromatic rings. The van der Waals surface area contributed by atoms with Crippen LogP contribution in [-0.2, 0) is 4.74 Å². The van der Waals surface area contributed by atoms with Crippen LogP contribution in [0.25, 0.3) is 17.0 Å². The monoisotopic (exact) mass is 344 g/mol. The van der Waals surface area contributed by atoms with Gasteiger partial charge in [-0.3, -0.25) is 4.79 Å². The van der Waals surface area contributed by atoms with E-state index in [1.165, 1.54) is 13.2 Å². The minimum Gasteiger partial charge on any atom is -0.465 e. The molecule has 1 N–H and O–H groups in total. The summed E-state index contributed by atoms with van der Waals surface area (Å²) >= 11 is 0. The first kappa shape index (κ1) is 17.2. The van der Waals surface area contributed by atoms with Gasteiger partial charge in [0.05, 0.1) is 18.2 Å². The highest BCUT2D eigenvalue weighted by Crippen LogP contribution is 2.25. The summed E-state index contributed by atoms with van der Waals surface area (Å²) in [5.41, 5.74) is 2.70. The number of aromatic nitrogens is 1. The van der Waals surface area contributed by atoms with Gasteiger partial charge in [-0.15, -0.1) is 0 Å². The number of Topliss-reactive ketones (excluding diaryl/α,β-unsaturated/α-hetero) is 1. The number of nitriles is 1. The third-order valence-electron chi connectivity index (χ3n) is 4.15. The molecule has 5 heteroatoms. The number of benzene rings is 2. The van der Waals surface area contributed by atoms with Crippen LogP contribution in [0.4, 0.5) is 0 Å².